The minimum Gasteiger partial charge on any atom is -0.493 e. The number of hydrogen-bond acceptors (Lipinski definition) is 5. The average molecular weight is 461 g/mol. The standard InChI is InChI=1S/C25H24N4O3S/c1-16-22(24(30)28-19-9-6-12-26-14-19)23(29-25(33)27-16)18-10-11-20(21(13-18)31-2)32-15-17-7-4-3-5-8-17/h3-14,23H,15H2,1-2H3,(H,28,30)(H2,27,29,33). The molecule has 2 heterocycles. The van der Waals surface area contributed by atoms with E-state index in [-0.39, 0.29) is 5.91 Å². The Balaban J connectivity index is 1.60. The molecule has 3 N–H and O–H groups in total. The third-order valence-corrected chi connectivity index (χ3v) is 5.41. The largest absolute Gasteiger partial charge is 0.493 e. The Hall–Kier alpha value is -3.91. The summed E-state index contributed by atoms with van der Waals surface area (Å²) in [7, 11) is 1.59. The van der Waals surface area contributed by atoms with Crippen LogP contribution in [0, 0.1) is 0 Å². The zero-order chi connectivity index (χ0) is 23.2. The van der Waals surface area contributed by atoms with Crippen molar-refractivity contribution in [3.8, 4) is 11.5 Å². The molecule has 8 heteroatoms. The lowest BCUT2D eigenvalue weighted by atomic mass is 9.94. The fourth-order valence-electron chi connectivity index (χ4n) is 3.60. The monoisotopic (exact) mass is 460 g/mol. The summed E-state index contributed by atoms with van der Waals surface area (Å²) in [6.07, 6.45) is 3.25. The molecule has 1 aliphatic heterocycles. The van der Waals surface area contributed by atoms with Gasteiger partial charge in [-0.25, -0.2) is 0 Å². The molecular weight excluding hydrogens is 436 g/mol. The lowest BCUT2D eigenvalue weighted by Gasteiger charge is -2.30. The number of hydrogen-bond donors (Lipinski definition) is 3. The molecule has 3 aromatic rings. The van der Waals surface area contributed by atoms with Crippen LogP contribution < -0.4 is 25.4 Å². The molecular formula is C25H24N4O3S. The summed E-state index contributed by atoms with van der Waals surface area (Å²) in [5.41, 5.74) is 3.68. The number of pyridine rings is 1. The molecule has 33 heavy (non-hydrogen) atoms. The molecule has 0 spiro atoms. The van der Waals surface area contributed by atoms with Gasteiger partial charge in [-0.2, -0.15) is 0 Å². The Labute approximate surface area is 197 Å². The van der Waals surface area contributed by atoms with Crippen LogP contribution in [-0.2, 0) is 11.4 Å². The highest BCUT2D eigenvalue weighted by molar-refractivity contribution is 7.80. The minimum absolute atomic E-state index is 0.253. The third kappa shape index (κ3) is 5.30. The van der Waals surface area contributed by atoms with Crippen LogP contribution in [0.4, 0.5) is 5.69 Å². The highest BCUT2D eigenvalue weighted by Crippen LogP contribution is 2.35. The quantitative estimate of drug-likeness (QED) is 0.458. The number of nitrogens with zero attached hydrogens (tertiary/aromatic N) is 1. The molecule has 1 amide bonds. The number of amides is 1. The van der Waals surface area contributed by atoms with E-state index in [0.717, 1.165) is 11.1 Å². The highest BCUT2D eigenvalue weighted by atomic mass is 32.1. The predicted molar refractivity (Wildman–Crippen MR) is 131 cm³/mol. The molecule has 1 aliphatic rings. The van der Waals surface area contributed by atoms with Crippen LogP contribution in [0.3, 0.4) is 0 Å². The Morgan fingerprint density at radius 2 is 1.94 bits per heavy atom. The number of methoxy groups -OCH3 is 1. The van der Waals surface area contributed by atoms with Gasteiger partial charge in [0.25, 0.3) is 5.91 Å². The lowest BCUT2D eigenvalue weighted by molar-refractivity contribution is -0.113. The zero-order valence-corrected chi connectivity index (χ0v) is 19.1. The van der Waals surface area contributed by atoms with Crippen LogP contribution in [0.15, 0.2) is 84.3 Å². The average Bonchev–Trinajstić information content (AvgIpc) is 2.83. The number of nitrogens with one attached hydrogen (secondary N) is 3. The summed E-state index contributed by atoms with van der Waals surface area (Å²) in [6, 6.07) is 18.6. The number of rotatable bonds is 7. The maximum atomic E-state index is 13.2. The molecule has 0 saturated heterocycles. The summed E-state index contributed by atoms with van der Waals surface area (Å²) in [6.45, 7) is 2.25. The Morgan fingerprint density at radius 1 is 1.12 bits per heavy atom. The van der Waals surface area contributed by atoms with Gasteiger partial charge in [-0.1, -0.05) is 36.4 Å². The van der Waals surface area contributed by atoms with Gasteiger partial charge in [-0.3, -0.25) is 9.78 Å². The second kappa shape index (κ2) is 10.1. The molecule has 0 saturated carbocycles. The maximum absolute atomic E-state index is 13.2. The smallest absolute Gasteiger partial charge is 0.255 e. The van der Waals surface area contributed by atoms with Gasteiger partial charge in [-0.05, 0) is 54.5 Å². The van der Waals surface area contributed by atoms with Crippen molar-refractivity contribution in [2.45, 2.75) is 19.6 Å². The second-order valence-electron chi connectivity index (χ2n) is 7.45. The number of carbonyl (C=O) groups is 1. The highest BCUT2D eigenvalue weighted by Gasteiger charge is 2.30. The fraction of sp³-hybridized carbons (Fsp3) is 0.160. The van der Waals surface area contributed by atoms with E-state index in [4.69, 9.17) is 21.7 Å². The maximum Gasteiger partial charge on any atom is 0.255 e. The minimum atomic E-state index is -0.465. The summed E-state index contributed by atoms with van der Waals surface area (Å²) in [4.78, 5) is 17.2. The Kier molecular flexibility index (Phi) is 6.85. The zero-order valence-electron chi connectivity index (χ0n) is 18.3. The molecule has 0 bridgehead atoms. The Morgan fingerprint density at radius 3 is 2.67 bits per heavy atom. The van der Waals surface area contributed by atoms with E-state index in [1.807, 2.05) is 55.5 Å². The van der Waals surface area contributed by atoms with Crippen molar-refractivity contribution in [3.05, 3.63) is 95.5 Å². The number of ether oxygens (including phenoxy) is 2. The van der Waals surface area contributed by atoms with Gasteiger partial charge in [-0.15, -0.1) is 0 Å². The van der Waals surface area contributed by atoms with E-state index in [0.29, 0.717) is 40.2 Å². The lowest BCUT2D eigenvalue weighted by Crippen LogP contribution is -2.45. The normalized spacial score (nSPS) is 15.3. The SMILES string of the molecule is COc1cc(C2NC(=S)NC(C)=C2C(=O)Nc2cccnc2)ccc1OCc1ccccc1. The Bertz CT molecular complexity index is 1180. The summed E-state index contributed by atoms with van der Waals surface area (Å²) in [5, 5.41) is 9.58. The predicted octanol–water partition coefficient (Wildman–Crippen LogP) is 4.10. The van der Waals surface area contributed by atoms with Crippen LogP contribution in [0.5, 0.6) is 11.5 Å². The molecule has 7 nitrogen and oxygen atoms in total. The van der Waals surface area contributed by atoms with Crippen LogP contribution in [0.1, 0.15) is 24.1 Å². The van der Waals surface area contributed by atoms with Crippen molar-refractivity contribution in [2.24, 2.45) is 0 Å². The summed E-state index contributed by atoms with van der Waals surface area (Å²) < 4.78 is 11.6. The number of anilines is 1. The van der Waals surface area contributed by atoms with E-state index in [2.05, 4.69) is 20.9 Å². The molecule has 0 radical (unpaired) electrons. The van der Waals surface area contributed by atoms with Gasteiger partial charge in [0, 0.05) is 11.9 Å². The van der Waals surface area contributed by atoms with Crippen molar-refractivity contribution in [3.63, 3.8) is 0 Å². The van der Waals surface area contributed by atoms with E-state index >= 15 is 0 Å². The number of allylic oxidation sites excluding steroid dienone is 1. The van der Waals surface area contributed by atoms with Gasteiger partial charge in [0.2, 0.25) is 0 Å². The number of aromatic nitrogens is 1. The fourth-order valence-corrected chi connectivity index (χ4v) is 3.87. The van der Waals surface area contributed by atoms with E-state index in [9.17, 15) is 4.79 Å². The van der Waals surface area contributed by atoms with Crippen LogP contribution in [0.2, 0.25) is 0 Å². The van der Waals surface area contributed by atoms with Crippen molar-refractivity contribution in [2.75, 3.05) is 12.4 Å². The van der Waals surface area contributed by atoms with E-state index in [1.54, 1.807) is 31.6 Å². The molecule has 168 valence electrons. The molecule has 4 rings (SSSR count). The number of carbonyl (C=O) groups excluding carboxylic acids is 1. The molecule has 1 unspecified atom stereocenters. The van der Waals surface area contributed by atoms with Crippen LogP contribution in [-0.4, -0.2) is 23.1 Å². The first-order valence-electron chi connectivity index (χ1n) is 10.4. The number of benzene rings is 2. The van der Waals surface area contributed by atoms with E-state index < -0.39 is 6.04 Å². The van der Waals surface area contributed by atoms with Gasteiger partial charge in [0.05, 0.1) is 30.6 Å². The van der Waals surface area contributed by atoms with Crippen molar-refractivity contribution in [1.82, 2.24) is 15.6 Å². The second-order valence-corrected chi connectivity index (χ2v) is 7.86. The van der Waals surface area contributed by atoms with Gasteiger partial charge in [0.1, 0.15) is 6.61 Å². The third-order valence-electron chi connectivity index (χ3n) is 5.19. The van der Waals surface area contributed by atoms with Crippen LogP contribution >= 0.6 is 12.2 Å². The van der Waals surface area contributed by atoms with Crippen molar-refractivity contribution >= 4 is 28.9 Å². The molecule has 1 atom stereocenters. The van der Waals surface area contributed by atoms with Gasteiger partial charge < -0.3 is 25.4 Å². The summed E-state index contributed by atoms with van der Waals surface area (Å²) in [5.74, 6) is 0.930. The number of thiocarbonyl (C=S) groups is 1. The van der Waals surface area contributed by atoms with Crippen molar-refractivity contribution < 1.29 is 14.3 Å². The molecule has 0 aliphatic carbocycles. The molecule has 2 aromatic carbocycles. The summed E-state index contributed by atoms with van der Waals surface area (Å²) >= 11 is 5.36. The van der Waals surface area contributed by atoms with Gasteiger partial charge >= 0.3 is 0 Å². The molecule has 0 fully saturated rings. The first kappa shape index (κ1) is 22.3. The van der Waals surface area contributed by atoms with Gasteiger partial charge in [0.15, 0.2) is 16.6 Å². The topological polar surface area (TPSA) is 84.5 Å². The van der Waals surface area contributed by atoms with Crippen molar-refractivity contribution in [1.29, 1.82) is 0 Å². The molecule has 1 aromatic heterocycles. The van der Waals surface area contributed by atoms with Crippen LogP contribution in [0.25, 0.3) is 0 Å². The first-order chi connectivity index (χ1) is 16.0. The first-order valence-corrected chi connectivity index (χ1v) is 10.8. The van der Waals surface area contributed by atoms with E-state index in [1.165, 1.54) is 0 Å².